The van der Waals surface area contributed by atoms with Crippen molar-refractivity contribution in [3.8, 4) is 0 Å². The quantitative estimate of drug-likeness (QED) is 0.372. The molecule has 0 spiro atoms. The molecule has 1 aromatic rings. The van der Waals surface area contributed by atoms with E-state index < -0.39 is 5.69 Å². The Morgan fingerprint density at radius 2 is 1.65 bits per heavy atom. The van der Waals surface area contributed by atoms with E-state index in [0.717, 1.165) is 34.7 Å². The summed E-state index contributed by atoms with van der Waals surface area (Å²) >= 11 is 5.29. The number of benzene rings is 1. The maximum Gasteiger partial charge on any atom is 2.00 e. The van der Waals surface area contributed by atoms with Gasteiger partial charge in [-0.1, -0.05) is 57.2 Å². The molecule has 0 aliphatic carbocycles. The maximum atomic E-state index is 11.2. The molecule has 0 unspecified atom stereocenters. The number of rotatable bonds is 9. The van der Waals surface area contributed by atoms with Crippen LogP contribution in [0.4, 0.5) is 0 Å². The third kappa shape index (κ3) is 9.65. The van der Waals surface area contributed by atoms with Gasteiger partial charge in [-0.25, -0.2) is 0 Å². The monoisotopic (exact) mass is 380 g/mol. The average Bonchev–Trinajstić information content (AvgIpc) is 2.33. The summed E-state index contributed by atoms with van der Waals surface area (Å²) in [6.45, 7) is 2.21. The van der Waals surface area contributed by atoms with Gasteiger partial charge in [0.05, 0.1) is 0 Å². The molecule has 108 valence electrons. The number of hydrogen-bond donors (Lipinski definition) is 0. The fraction of sp³-hybridized carbons (Fsp3) is 0.571. The van der Waals surface area contributed by atoms with Crippen LogP contribution in [0.2, 0.25) is 0 Å². The molecule has 2 nitrogen and oxygen atoms in total. The van der Waals surface area contributed by atoms with Gasteiger partial charge in [-0.3, -0.25) is 0 Å². The Labute approximate surface area is 144 Å². The number of unbranched alkanes of at least 4 members (excludes halogenated alkanes) is 5. The Bertz CT molecular complexity index is 423. The summed E-state index contributed by atoms with van der Waals surface area (Å²) in [5.41, 5.74) is -2.62. The Balaban J connectivity index is 0.00000361. The minimum Gasteiger partial charge on any atom is -0.824 e. The standard InChI is InChI=1S/C14H23O2PS2.Zn/c1-2-3-4-5-6-7-10-13-11-8-9-12-14(13)19-17(15,16)18;/h8-9,11-12H,2-7,10H2,1H3,(H2,15,16,18);/q;+2/p-2. The van der Waals surface area contributed by atoms with E-state index in [4.69, 9.17) is 0 Å². The van der Waals surface area contributed by atoms with Crippen LogP contribution in [0.3, 0.4) is 0 Å². The van der Waals surface area contributed by atoms with E-state index in [2.05, 4.69) is 18.7 Å². The van der Waals surface area contributed by atoms with Crippen LogP contribution in [-0.2, 0) is 37.7 Å². The molecule has 0 aliphatic rings. The maximum absolute atomic E-state index is 11.2. The van der Waals surface area contributed by atoms with Gasteiger partial charge in [0.15, 0.2) is 0 Å². The van der Waals surface area contributed by atoms with Crippen LogP contribution in [-0.4, -0.2) is 0 Å². The zero-order valence-electron chi connectivity index (χ0n) is 12.0. The van der Waals surface area contributed by atoms with Crippen molar-refractivity contribution >= 4 is 28.9 Å². The Kier molecular flexibility index (Phi) is 11.8. The minimum absolute atomic E-state index is 0. The molecule has 0 saturated heterocycles. The smallest absolute Gasteiger partial charge is 0.824 e. The molecule has 0 aliphatic heterocycles. The van der Waals surface area contributed by atoms with Gasteiger partial charge in [-0.2, -0.15) is 5.69 Å². The van der Waals surface area contributed by atoms with Crippen molar-refractivity contribution in [2.24, 2.45) is 0 Å². The van der Waals surface area contributed by atoms with Gasteiger partial charge in [0.25, 0.3) is 0 Å². The molecule has 1 rings (SSSR count). The second-order valence-electron chi connectivity index (χ2n) is 4.66. The molecule has 0 N–H and O–H groups in total. The van der Waals surface area contributed by atoms with Gasteiger partial charge < -0.3 is 9.79 Å². The van der Waals surface area contributed by atoms with Gasteiger partial charge in [0, 0.05) is 4.90 Å². The largest absolute Gasteiger partial charge is 2.00 e. The van der Waals surface area contributed by atoms with Crippen LogP contribution in [0.1, 0.15) is 51.0 Å². The van der Waals surface area contributed by atoms with Crippen LogP contribution in [0.25, 0.3) is 0 Å². The number of aryl methyl sites for hydroxylation is 1. The van der Waals surface area contributed by atoms with Gasteiger partial charge in [-0.15, -0.1) is 23.2 Å². The third-order valence-corrected chi connectivity index (χ3v) is 5.73. The molecule has 0 aromatic heterocycles. The second-order valence-corrected chi connectivity index (χ2v) is 10.3. The van der Waals surface area contributed by atoms with Gasteiger partial charge >= 0.3 is 19.5 Å². The summed E-state index contributed by atoms with van der Waals surface area (Å²) in [7, 11) is 0. The first kappa shape index (κ1) is 20.8. The predicted molar refractivity (Wildman–Crippen MR) is 83.7 cm³/mol. The van der Waals surface area contributed by atoms with Crippen LogP contribution >= 0.6 is 17.1 Å². The zero-order valence-corrected chi connectivity index (χ0v) is 17.5. The molecule has 0 saturated carbocycles. The Morgan fingerprint density at radius 1 is 1.05 bits per heavy atom. The van der Waals surface area contributed by atoms with Crippen LogP contribution in [0.5, 0.6) is 0 Å². The van der Waals surface area contributed by atoms with E-state index >= 15 is 0 Å². The third-order valence-electron chi connectivity index (χ3n) is 2.98. The predicted octanol–water partition coefficient (Wildman–Crippen LogP) is 3.62. The van der Waals surface area contributed by atoms with Crippen molar-refractivity contribution in [3.63, 3.8) is 0 Å². The van der Waals surface area contributed by atoms with Crippen molar-refractivity contribution in [1.29, 1.82) is 0 Å². The summed E-state index contributed by atoms with van der Waals surface area (Å²) in [5.74, 6) is 0. The van der Waals surface area contributed by atoms with Crippen LogP contribution in [0, 0.1) is 0 Å². The number of hydrogen-bond acceptors (Lipinski definition) is 4. The molecule has 20 heavy (non-hydrogen) atoms. The zero-order chi connectivity index (χ0) is 14.1. The van der Waals surface area contributed by atoms with Crippen molar-refractivity contribution in [2.75, 3.05) is 0 Å². The molecule has 1 aromatic carbocycles. The molecular formula is C14H21O2PS2Zn. The molecule has 0 heterocycles. The molecule has 0 atom stereocenters. The van der Waals surface area contributed by atoms with Crippen molar-refractivity contribution in [1.82, 2.24) is 0 Å². The SMILES string of the molecule is CCCCCCCCc1ccccc1SP([O-])([O-])=S.[Zn+2]. The summed E-state index contributed by atoms with van der Waals surface area (Å²) in [6, 6.07) is 7.65. The summed E-state index contributed by atoms with van der Waals surface area (Å²) in [6.07, 6.45) is 8.40. The Hall–Kier alpha value is 0.763. The van der Waals surface area contributed by atoms with E-state index in [1.54, 1.807) is 0 Å². The molecule has 6 heteroatoms. The first-order valence-electron chi connectivity index (χ1n) is 6.82. The van der Waals surface area contributed by atoms with Crippen LogP contribution < -0.4 is 9.79 Å². The Morgan fingerprint density at radius 3 is 2.30 bits per heavy atom. The van der Waals surface area contributed by atoms with Crippen molar-refractivity contribution in [2.45, 2.75) is 56.8 Å². The molecule has 0 fully saturated rings. The summed E-state index contributed by atoms with van der Waals surface area (Å²) < 4.78 is 0. The normalized spacial score (nSPS) is 11.2. The molecule has 0 bridgehead atoms. The molecule has 0 amide bonds. The van der Waals surface area contributed by atoms with Gasteiger partial charge in [0.2, 0.25) is 0 Å². The van der Waals surface area contributed by atoms with Gasteiger partial charge in [-0.05, 0) is 24.5 Å². The van der Waals surface area contributed by atoms with E-state index in [1.807, 2.05) is 24.3 Å². The van der Waals surface area contributed by atoms with E-state index in [9.17, 15) is 9.79 Å². The summed E-state index contributed by atoms with van der Waals surface area (Å²) in [5, 5.41) is 0. The van der Waals surface area contributed by atoms with Gasteiger partial charge in [0.1, 0.15) is 0 Å². The fourth-order valence-electron chi connectivity index (χ4n) is 2.02. The van der Waals surface area contributed by atoms with Crippen LogP contribution in [0.15, 0.2) is 29.2 Å². The molecule has 0 radical (unpaired) electrons. The van der Waals surface area contributed by atoms with E-state index in [1.165, 1.54) is 32.1 Å². The van der Waals surface area contributed by atoms with E-state index in [-0.39, 0.29) is 19.5 Å². The fourth-order valence-corrected chi connectivity index (χ4v) is 4.66. The first-order valence-corrected chi connectivity index (χ1v) is 10.9. The van der Waals surface area contributed by atoms with E-state index in [0.29, 0.717) is 0 Å². The van der Waals surface area contributed by atoms with Crippen molar-refractivity contribution in [3.05, 3.63) is 29.8 Å². The molecular weight excluding hydrogens is 361 g/mol. The minimum atomic E-state index is -3.72. The topological polar surface area (TPSA) is 46.1 Å². The first-order chi connectivity index (χ1) is 9.03. The van der Waals surface area contributed by atoms with Crippen molar-refractivity contribution < 1.29 is 29.3 Å². The summed E-state index contributed by atoms with van der Waals surface area (Å²) in [4.78, 5) is 23.2. The average molecular weight is 382 g/mol. The second kappa shape index (κ2) is 11.3.